The summed E-state index contributed by atoms with van der Waals surface area (Å²) in [7, 11) is 0. The zero-order valence-electron chi connectivity index (χ0n) is 10.9. The fraction of sp³-hybridized carbons (Fsp3) is 0.467. The van der Waals surface area contributed by atoms with Crippen molar-refractivity contribution in [2.45, 2.75) is 37.6 Å². The third-order valence-corrected chi connectivity index (χ3v) is 4.43. The Morgan fingerprint density at radius 2 is 1.53 bits per heavy atom. The first-order valence-electron chi connectivity index (χ1n) is 6.88. The number of carbonyl (C=O) groups excluding carboxylic acids is 2. The van der Waals surface area contributed by atoms with Crippen LogP contribution < -0.4 is 5.73 Å². The first-order valence-corrected chi connectivity index (χ1v) is 6.88. The van der Waals surface area contributed by atoms with E-state index in [0.29, 0.717) is 17.7 Å². The van der Waals surface area contributed by atoms with Crippen LogP contribution in [0.4, 0.5) is 0 Å². The normalized spacial score (nSPS) is 21.6. The molecule has 0 aromatic heterocycles. The molecular formula is C15H18N2O2. The minimum absolute atomic E-state index is 0.173. The van der Waals surface area contributed by atoms with Gasteiger partial charge < -0.3 is 5.73 Å². The van der Waals surface area contributed by atoms with Gasteiger partial charge in [0.25, 0.3) is 11.8 Å². The molecule has 0 bridgehead atoms. The Morgan fingerprint density at radius 3 is 2.00 bits per heavy atom. The molecule has 2 amide bonds. The van der Waals surface area contributed by atoms with Gasteiger partial charge in [-0.25, -0.2) is 0 Å². The van der Waals surface area contributed by atoms with Gasteiger partial charge in [-0.3, -0.25) is 14.5 Å². The van der Waals surface area contributed by atoms with Crippen LogP contribution in [-0.4, -0.2) is 28.8 Å². The van der Waals surface area contributed by atoms with Gasteiger partial charge in [0.1, 0.15) is 0 Å². The molecule has 4 nitrogen and oxygen atoms in total. The van der Waals surface area contributed by atoms with Gasteiger partial charge >= 0.3 is 0 Å². The molecule has 1 aliphatic heterocycles. The molecule has 4 heteroatoms. The van der Waals surface area contributed by atoms with Crippen molar-refractivity contribution >= 4 is 11.8 Å². The van der Waals surface area contributed by atoms with E-state index in [9.17, 15) is 9.59 Å². The lowest BCUT2D eigenvalue weighted by Crippen LogP contribution is -2.57. The van der Waals surface area contributed by atoms with E-state index >= 15 is 0 Å². The number of amides is 2. The predicted octanol–water partition coefficient (Wildman–Crippen LogP) is 1.94. The standard InChI is InChI=1S/C15H18N2O2/c16-10-15(8-4-1-5-9-15)17-13(18)11-6-2-3-7-12(11)14(17)19/h2-3,6-7H,1,4-5,8-10,16H2. The van der Waals surface area contributed by atoms with E-state index < -0.39 is 5.54 Å². The Balaban J connectivity index is 2.03. The lowest BCUT2D eigenvalue weighted by molar-refractivity contribution is 0.0346. The summed E-state index contributed by atoms with van der Waals surface area (Å²) in [6, 6.07) is 7.04. The van der Waals surface area contributed by atoms with Crippen LogP contribution in [0.15, 0.2) is 24.3 Å². The Kier molecular flexibility index (Phi) is 2.90. The first-order chi connectivity index (χ1) is 9.19. The maximum atomic E-state index is 12.5. The highest BCUT2D eigenvalue weighted by molar-refractivity contribution is 6.21. The fourth-order valence-electron chi connectivity index (χ4n) is 3.35. The lowest BCUT2D eigenvalue weighted by Gasteiger charge is -2.42. The summed E-state index contributed by atoms with van der Waals surface area (Å²) in [6.45, 7) is 0.360. The highest BCUT2D eigenvalue weighted by Crippen LogP contribution is 2.38. The predicted molar refractivity (Wildman–Crippen MR) is 71.8 cm³/mol. The molecule has 1 aromatic carbocycles. The zero-order valence-corrected chi connectivity index (χ0v) is 10.9. The summed E-state index contributed by atoms with van der Waals surface area (Å²) in [6.07, 6.45) is 4.88. The average molecular weight is 258 g/mol. The number of nitrogens with zero attached hydrogens (tertiary/aromatic N) is 1. The minimum Gasteiger partial charge on any atom is -0.328 e. The topological polar surface area (TPSA) is 63.4 Å². The van der Waals surface area contributed by atoms with Crippen LogP contribution in [0.5, 0.6) is 0 Å². The molecule has 2 aliphatic rings. The van der Waals surface area contributed by atoms with Crippen molar-refractivity contribution < 1.29 is 9.59 Å². The van der Waals surface area contributed by atoms with Crippen LogP contribution in [0.1, 0.15) is 52.8 Å². The van der Waals surface area contributed by atoms with E-state index in [1.54, 1.807) is 24.3 Å². The average Bonchev–Trinajstić information content (AvgIpc) is 2.73. The maximum Gasteiger partial charge on any atom is 0.262 e. The van der Waals surface area contributed by atoms with E-state index in [0.717, 1.165) is 32.1 Å². The molecule has 1 heterocycles. The Morgan fingerprint density at radius 1 is 1.00 bits per heavy atom. The highest BCUT2D eigenvalue weighted by atomic mass is 16.2. The smallest absolute Gasteiger partial charge is 0.262 e. The van der Waals surface area contributed by atoms with Crippen molar-refractivity contribution in [1.29, 1.82) is 0 Å². The van der Waals surface area contributed by atoms with Crippen LogP contribution in [0.2, 0.25) is 0 Å². The van der Waals surface area contributed by atoms with Gasteiger partial charge in [0.15, 0.2) is 0 Å². The molecule has 1 aromatic rings. The molecule has 3 rings (SSSR count). The molecule has 1 fully saturated rings. The molecule has 0 unspecified atom stereocenters. The monoisotopic (exact) mass is 258 g/mol. The molecule has 19 heavy (non-hydrogen) atoms. The van der Waals surface area contributed by atoms with E-state index in [2.05, 4.69) is 0 Å². The summed E-state index contributed by atoms with van der Waals surface area (Å²) in [4.78, 5) is 26.5. The van der Waals surface area contributed by atoms with Gasteiger partial charge in [-0.1, -0.05) is 31.4 Å². The Bertz CT molecular complexity index is 498. The molecule has 1 saturated carbocycles. The molecule has 0 saturated heterocycles. The van der Waals surface area contributed by atoms with Crippen molar-refractivity contribution in [2.75, 3.05) is 6.54 Å². The summed E-state index contributed by atoms with van der Waals surface area (Å²) >= 11 is 0. The number of carbonyl (C=O) groups is 2. The summed E-state index contributed by atoms with van der Waals surface area (Å²) in [5, 5.41) is 0. The van der Waals surface area contributed by atoms with Gasteiger partial charge in [0.2, 0.25) is 0 Å². The Hall–Kier alpha value is -1.68. The van der Waals surface area contributed by atoms with E-state index in [1.165, 1.54) is 4.90 Å². The number of rotatable bonds is 2. The maximum absolute atomic E-state index is 12.5. The van der Waals surface area contributed by atoms with Gasteiger partial charge in [0, 0.05) is 6.54 Å². The van der Waals surface area contributed by atoms with Crippen LogP contribution >= 0.6 is 0 Å². The van der Waals surface area contributed by atoms with Crippen molar-refractivity contribution in [1.82, 2.24) is 4.90 Å². The number of benzene rings is 1. The summed E-state index contributed by atoms with van der Waals surface area (Å²) < 4.78 is 0. The van der Waals surface area contributed by atoms with Crippen molar-refractivity contribution in [3.05, 3.63) is 35.4 Å². The molecule has 0 spiro atoms. The van der Waals surface area contributed by atoms with E-state index in [-0.39, 0.29) is 11.8 Å². The third-order valence-electron chi connectivity index (χ3n) is 4.43. The number of hydrogen-bond acceptors (Lipinski definition) is 3. The van der Waals surface area contributed by atoms with E-state index in [4.69, 9.17) is 5.73 Å². The van der Waals surface area contributed by atoms with Crippen molar-refractivity contribution in [3.8, 4) is 0 Å². The SMILES string of the molecule is NCC1(N2C(=O)c3ccccc3C2=O)CCCCC1. The minimum atomic E-state index is -0.467. The number of hydrogen-bond donors (Lipinski definition) is 1. The first kappa shape index (κ1) is 12.4. The highest BCUT2D eigenvalue weighted by Gasteiger charge is 2.48. The fourth-order valence-corrected chi connectivity index (χ4v) is 3.35. The second kappa shape index (κ2) is 4.46. The largest absolute Gasteiger partial charge is 0.328 e. The molecule has 1 aliphatic carbocycles. The second-order valence-corrected chi connectivity index (χ2v) is 5.48. The quantitative estimate of drug-likeness (QED) is 0.825. The van der Waals surface area contributed by atoms with Gasteiger partial charge in [-0.15, -0.1) is 0 Å². The van der Waals surface area contributed by atoms with E-state index in [1.807, 2.05) is 0 Å². The molecule has 0 radical (unpaired) electrons. The molecule has 100 valence electrons. The van der Waals surface area contributed by atoms with Gasteiger partial charge in [-0.05, 0) is 25.0 Å². The molecule has 0 atom stereocenters. The number of imide groups is 1. The van der Waals surface area contributed by atoms with Crippen LogP contribution in [0.3, 0.4) is 0 Å². The van der Waals surface area contributed by atoms with Crippen LogP contribution in [0, 0.1) is 0 Å². The molecule has 2 N–H and O–H groups in total. The van der Waals surface area contributed by atoms with Crippen molar-refractivity contribution in [3.63, 3.8) is 0 Å². The van der Waals surface area contributed by atoms with Crippen molar-refractivity contribution in [2.24, 2.45) is 5.73 Å². The summed E-state index contributed by atoms with van der Waals surface area (Å²) in [5.41, 5.74) is 6.50. The van der Waals surface area contributed by atoms with Gasteiger partial charge in [-0.2, -0.15) is 0 Å². The molecular weight excluding hydrogens is 240 g/mol. The van der Waals surface area contributed by atoms with Crippen LogP contribution in [-0.2, 0) is 0 Å². The second-order valence-electron chi connectivity index (χ2n) is 5.48. The van der Waals surface area contributed by atoms with Crippen LogP contribution in [0.25, 0.3) is 0 Å². The Labute approximate surface area is 112 Å². The number of nitrogens with two attached hydrogens (primary N) is 1. The van der Waals surface area contributed by atoms with Gasteiger partial charge in [0.05, 0.1) is 16.7 Å². The number of fused-ring (bicyclic) bond motifs is 1. The zero-order chi connectivity index (χ0) is 13.5. The lowest BCUT2D eigenvalue weighted by atomic mass is 9.80. The summed E-state index contributed by atoms with van der Waals surface area (Å²) in [5.74, 6) is -0.346. The third kappa shape index (κ3) is 1.70.